The zero-order chi connectivity index (χ0) is 13.8. The van der Waals surface area contributed by atoms with E-state index >= 15 is 0 Å². The van der Waals surface area contributed by atoms with Gasteiger partial charge in [-0.3, -0.25) is 16.0 Å². The molecule has 0 aliphatic rings. The van der Waals surface area contributed by atoms with Crippen molar-refractivity contribution in [1.29, 1.82) is 0 Å². The van der Waals surface area contributed by atoms with Crippen molar-refractivity contribution in [2.45, 2.75) is 25.9 Å². The van der Waals surface area contributed by atoms with Gasteiger partial charge in [-0.2, -0.15) is 5.10 Å². The predicted octanol–water partition coefficient (Wildman–Crippen LogP) is 1.93. The average molecular weight is 266 g/mol. The Balaban J connectivity index is 2.24. The predicted molar refractivity (Wildman–Crippen MR) is 68.0 cm³/mol. The van der Waals surface area contributed by atoms with Gasteiger partial charge in [0.2, 0.25) is 0 Å². The van der Waals surface area contributed by atoms with Crippen molar-refractivity contribution in [3.05, 3.63) is 53.4 Å². The quantitative estimate of drug-likeness (QED) is 0.642. The van der Waals surface area contributed by atoms with Gasteiger partial charge in [-0.15, -0.1) is 0 Å². The highest BCUT2D eigenvalue weighted by molar-refractivity contribution is 5.22. The molecule has 0 bridgehead atoms. The lowest BCUT2D eigenvalue weighted by molar-refractivity contribution is 0.479. The average Bonchev–Trinajstić information content (AvgIpc) is 2.86. The minimum atomic E-state index is -0.586. The highest BCUT2D eigenvalue weighted by Gasteiger charge is 2.17. The van der Waals surface area contributed by atoms with Crippen molar-refractivity contribution in [1.82, 2.24) is 15.2 Å². The van der Waals surface area contributed by atoms with Gasteiger partial charge < -0.3 is 0 Å². The second kappa shape index (κ2) is 5.90. The van der Waals surface area contributed by atoms with E-state index in [1.54, 1.807) is 10.9 Å². The Hall–Kier alpha value is -1.79. The molecule has 0 saturated carbocycles. The van der Waals surface area contributed by atoms with E-state index in [1.807, 2.05) is 13.0 Å². The molecule has 0 saturated heterocycles. The summed E-state index contributed by atoms with van der Waals surface area (Å²) >= 11 is 0. The van der Waals surface area contributed by atoms with E-state index in [0.29, 0.717) is 18.5 Å². The van der Waals surface area contributed by atoms with Crippen molar-refractivity contribution in [2.24, 2.45) is 5.84 Å². The summed E-state index contributed by atoms with van der Waals surface area (Å²) in [6, 6.07) is 5.10. The van der Waals surface area contributed by atoms with Crippen molar-refractivity contribution >= 4 is 0 Å². The number of rotatable bonds is 5. The van der Waals surface area contributed by atoms with Gasteiger partial charge in [-0.05, 0) is 31.0 Å². The number of benzene rings is 1. The summed E-state index contributed by atoms with van der Waals surface area (Å²) < 4.78 is 28.3. The maximum atomic E-state index is 13.6. The fourth-order valence-corrected chi connectivity index (χ4v) is 2.06. The van der Waals surface area contributed by atoms with Crippen LogP contribution in [-0.4, -0.2) is 9.78 Å². The third kappa shape index (κ3) is 2.97. The number of nitrogens with two attached hydrogens (primary N) is 1. The van der Waals surface area contributed by atoms with Crippen LogP contribution in [0.3, 0.4) is 0 Å². The molecule has 0 fully saturated rings. The van der Waals surface area contributed by atoms with Crippen LogP contribution in [0.25, 0.3) is 0 Å². The van der Waals surface area contributed by atoms with Crippen LogP contribution in [0.15, 0.2) is 30.5 Å². The monoisotopic (exact) mass is 266 g/mol. The summed E-state index contributed by atoms with van der Waals surface area (Å²) in [5, 5.41) is 4.15. The molecule has 19 heavy (non-hydrogen) atoms. The van der Waals surface area contributed by atoms with Crippen molar-refractivity contribution in [3.8, 4) is 0 Å². The highest BCUT2D eigenvalue weighted by atomic mass is 19.1. The SMILES string of the molecule is CCn1nccc1C(Cc1ccc(F)cc1F)NN. The van der Waals surface area contributed by atoms with Gasteiger partial charge in [0.15, 0.2) is 0 Å². The second-order valence-electron chi connectivity index (χ2n) is 4.23. The Morgan fingerprint density at radius 3 is 2.79 bits per heavy atom. The number of hydrogen-bond acceptors (Lipinski definition) is 3. The van der Waals surface area contributed by atoms with E-state index in [9.17, 15) is 8.78 Å². The minimum Gasteiger partial charge on any atom is -0.271 e. The number of hydrogen-bond donors (Lipinski definition) is 2. The van der Waals surface area contributed by atoms with Crippen LogP contribution in [0.2, 0.25) is 0 Å². The summed E-state index contributed by atoms with van der Waals surface area (Å²) in [7, 11) is 0. The van der Waals surface area contributed by atoms with E-state index < -0.39 is 11.6 Å². The molecule has 4 nitrogen and oxygen atoms in total. The van der Waals surface area contributed by atoms with Crippen LogP contribution < -0.4 is 11.3 Å². The largest absolute Gasteiger partial charge is 0.271 e. The Labute approximate surface area is 110 Å². The Morgan fingerprint density at radius 1 is 1.37 bits per heavy atom. The summed E-state index contributed by atoms with van der Waals surface area (Å²) in [6.07, 6.45) is 2.00. The van der Waals surface area contributed by atoms with Gasteiger partial charge >= 0.3 is 0 Å². The molecule has 6 heteroatoms. The maximum absolute atomic E-state index is 13.6. The fraction of sp³-hybridized carbons (Fsp3) is 0.308. The maximum Gasteiger partial charge on any atom is 0.129 e. The number of nitrogens with one attached hydrogen (secondary N) is 1. The van der Waals surface area contributed by atoms with Crippen LogP contribution >= 0.6 is 0 Å². The zero-order valence-corrected chi connectivity index (χ0v) is 10.6. The normalized spacial score (nSPS) is 12.6. The van der Waals surface area contributed by atoms with E-state index in [0.717, 1.165) is 11.8 Å². The van der Waals surface area contributed by atoms with E-state index in [-0.39, 0.29) is 6.04 Å². The van der Waals surface area contributed by atoms with Gasteiger partial charge in [0.1, 0.15) is 11.6 Å². The number of halogens is 2. The molecular weight excluding hydrogens is 250 g/mol. The van der Waals surface area contributed by atoms with Crippen LogP contribution in [0.5, 0.6) is 0 Å². The van der Waals surface area contributed by atoms with Crippen LogP contribution in [0.1, 0.15) is 24.2 Å². The summed E-state index contributed by atoms with van der Waals surface area (Å²) in [5.74, 6) is 4.37. The fourth-order valence-electron chi connectivity index (χ4n) is 2.06. The molecular formula is C13H16F2N4. The van der Waals surface area contributed by atoms with E-state index in [2.05, 4.69) is 10.5 Å². The molecule has 2 aromatic rings. The summed E-state index contributed by atoms with van der Waals surface area (Å²) in [6.45, 7) is 2.66. The number of nitrogens with zero attached hydrogens (tertiary/aromatic N) is 2. The molecule has 0 aliphatic heterocycles. The van der Waals surface area contributed by atoms with Gasteiger partial charge in [-0.1, -0.05) is 6.07 Å². The number of aryl methyl sites for hydroxylation is 1. The first-order valence-electron chi connectivity index (χ1n) is 6.07. The smallest absolute Gasteiger partial charge is 0.129 e. The summed E-state index contributed by atoms with van der Waals surface area (Å²) in [5.41, 5.74) is 3.93. The third-order valence-electron chi connectivity index (χ3n) is 3.05. The Bertz CT molecular complexity index is 553. The molecule has 1 atom stereocenters. The van der Waals surface area contributed by atoms with Gasteiger partial charge in [0.25, 0.3) is 0 Å². The zero-order valence-electron chi connectivity index (χ0n) is 10.6. The van der Waals surface area contributed by atoms with Gasteiger partial charge in [0.05, 0.1) is 11.7 Å². The standard InChI is InChI=1S/C13H16F2N4/c1-2-19-13(5-6-17-19)12(18-16)7-9-3-4-10(14)8-11(9)15/h3-6,8,12,18H,2,7,16H2,1H3. The lowest BCUT2D eigenvalue weighted by Gasteiger charge is -2.17. The van der Waals surface area contributed by atoms with Crippen LogP contribution in [0, 0.1) is 11.6 Å². The highest BCUT2D eigenvalue weighted by Crippen LogP contribution is 2.20. The van der Waals surface area contributed by atoms with Gasteiger partial charge in [-0.25, -0.2) is 8.78 Å². The topological polar surface area (TPSA) is 55.9 Å². The molecule has 1 aromatic heterocycles. The van der Waals surface area contributed by atoms with E-state index in [4.69, 9.17) is 5.84 Å². The minimum absolute atomic E-state index is 0.276. The molecule has 1 unspecified atom stereocenters. The lowest BCUT2D eigenvalue weighted by Crippen LogP contribution is -2.31. The Morgan fingerprint density at radius 2 is 2.16 bits per heavy atom. The molecule has 1 aromatic carbocycles. The molecule has 0 spiro atoms. The third-order valence-corrected chi connectivity index (χ3v) is 3.05. The first-order valence-corrected chi connectivity index (χ1v) is 6.07. The summed E-state index contributed by atoms with van der Waals surface area (Å²) in [4.78, 5) is 0. The van der Waals surface area contributed by atoms with Crippen LogP contribution in [0.4, 0.5) is 8.78 Å². The first kappa shape index (κ1) is 13.6. The van der Waals surface area contributed by atoms with Gasteiger partial charge in [0, 0.05) is 18.8 Å². The van der Waals surface area contributed by atoms with Crippen molar-refractivity contribution in [2.75, 3.05) is 0 Å². The molecule has 3 N–H and O–H groups in total. The number of hydrazine groups is 1. The van der Waals surface area contributed by atoms with Crippen molar-refractivity contribution in [3.63, 3.8) is 0 Å². The van der Waals surface area contributed by atoms with Crippen LogP contribution in [-0.2, 0) is 13.0 Å². The molecule has 0 amide bonds. The molecule has 2 rings (SSSR count). The molecule has 102 valence electrons. The molecule has 0 aliphatic carbocycles. The van der Waals surface area contributed by atoms with Crippen molar-refractivity contribution < 1.29 is 8.78 Å². The Kier molecular flexibility index (Phi) is 4.24. The molecule has 1 heterocycles. The lowest BCUT2D eigenvalue weighted by atomic mass is 10.0. The second-order valence-corrected chi connectivity index (χ2v) is 4.23. The molecule has 0 radical (unpaired) electrons. The number of aromatic nitrogens is 2. The van der Waals surface area contributed by atoms with E-state index in [1.165, 1.54) is 12.1 Å². The first-order chi connectivity index (χ1) is 9.15.